The Morgan fingerprint density at radius 3 is 2.20 bits per heavy atom. The number of hydrogen-bond acceptors (Lipinski definition) is 3. The van der Waals surface area contributed by atoms with Crippen LogP contribution in [-0.4, -0.2) is 29.9 Å². The quantitative estimate of drug-likeness (QED) is 0.349. The number of hydrogen-bond donors (Lipinski definition) is 0. The molecule has 0 spiro atoms. The van der Waals surface area contributed by atoms with Gasteiger partial charge in [-0.1, -0.05) is 6.92 Å². The van der Waals surface area contributed by atoms with Crippen molar-refractivity contribution < 1.29 is 31.9 Å². The molecule has 4 nitrogen and oxygen atoms in total. The molecular weight excluding hydrogens is 342 g/mol. The molecule has 1 saturated heterocycles. The smallest absolute Gasteiger partial charge is 0.311 e. The van der Waals surface area contributed by atoms with Crippen molar-refractivity contribution in [1.82, 2.24) is 4.90 Å². The first-order chi connectivity index (χ1) is 11.8. The Bertz CT molecular complexity index is 632. The fourth-order valence-corrected chi connectivity index (χ4v) is 2.61. The van der Waals surface area contributed by atoms with Gasteiger partial charge in [0.2, 0.25) is 23.3 Å². The normalized spacial score (nSPS) is 15.3. The third-order valence-electron chi connectivity index (χ3n) is 4.20. The number of carbonyl (C=O) groups is 2. The largest absolute Gasteiger partial charge is 0.420 e. The fourth-order valence-electron chi connectivity index (χ4n) is 2.61. The Morgan fingerprint density at radius 1 is 1.08 bits per heavy atom. The van der Waals surface area contributed by atoms with E-state index in [9.17, 15) is 27.2 Å². The highest BCUT2D eigenvalue weighted by atomic mass is 19.2. The first-order valence-electron chi connectivity index (χ1n) is 8.11. The third-order valence-corrected chi connectivity index (χ3v) is 4.20. The van der Waals surface area contributed by atoms with Gasteiger partial charge in [0.15, 0.2) is 11.6 Å². The van der Waals surface area contributed by atoms with Crippen LogP contribution >= 0.6 is 0 Å². The van der Waals surface area contributed by atoms with Crippen LogP contribution in [0.15, 0.2) is 6.07 Å². The second kappa shape index (κ2) is 8.31. The number of likely N-dealkylation sites (tertiary alicyclic amines) is 1. The van der Waals surface area contributed by atoms with Crippen molar-refractivity contribution in [2.24, 2.45) is 5.92 Å². The van der Waals surface area contributed by atoms with Gasteiger partial charge in [0.05, 0.1) is 0 Å². The minimum atomic E-state index is -1.77. The molecule has 1 aromatic rings. The summed E-state index contributed by atoms with van der Waals surface area (Å²) in [6, 6.07) is 0.0279. The van der Waals surface area contributed by atoms with Crippen molar-refractivity contribution >= 4 is 11.9 Å². The van der Waals surface area contributed by atoms with E-state index in [1.165, 1.54) is 0 Å². The molecule has 1 fully saturated rings. The number of carbonyl (C=O) groups excluding carboxylic acids is 2. The van der Waals surface area contributed by atoms with Crippen LogP contribution in [0.3, 0.4) is 0 Å². The molecule has 0 saturated carbocycles. The van der Waals surface area contributed by atoms with Crippen molar-refractivity contribution in [1.29, 1.82) is 0 Å². The summed E-state index contributed by atoms with van der Waals surface area (Å²) in [5.74, 6) is -8.85. The number of rotatable bonds is 5. The van der Waals surface area contributed by atoms with Crippen LogP contribution in [0.2, 0.25) is 0 Å². The molecule has 0 unspecified atom stereocenters. The van der Waals surface area contributed by atoms with E-state index in [4.69, 9.17) is 0 Å². The molecule has 1 aliphatic rings. The molecule has 138 valence electrons. The zero-order chi connectivity index (χ0) is 18.6. The van der Waals surface area contributed by atoms with Crippen LogP contribution in [0.4, 0.5) is 17.6 Å². The number of piperidine rings is 1. The van der Waals surface area contributed by atoms with E-state index < -0.39 is 35.0 Å². The fraction of sp³-hybridized carbons (Fsp3) is 0.529. The average molecular weight is 361 g/mol. The lowest BCUT2D eigenvalue weighted by Gasteiger charge is -2.30. The molecule has 8 heteroatoms. The van der Waals surface area contributed by atoms with Crippen LogP contribution in [0.1, 0.15) is 39.0 Å². The highest BCUT2D eigenvalue weighted by Gasteiger charge is 2.24. The molecule has 1 aromatic carbocycles. The summed E-state index contributed by atoms with van der Waals surface area (Å²) in [5, 5.41) is 0. The van der Waals surface area contributed by atoms with Crippen LogP contribution in [0.25, 0.3) is 0 Å². The molecule has 0 N–H and O–H groups in total. The van der Waals surface area contributed by atoms with E-state index in [1.54, 1.807) is 4.90 Å². The van der Waals surface area contributed by atoms with Crippen LogP contribution in [-0.2, 0) is 9.59 Å². The number of benzene rings is 1. The van der Waals surface area contributed by atoms with Gasteiger partial charge < -0.3 is 9.64 Å². The molecule has 1 heterocycles. The molecule has 0 radical (unpaired) electrons. The maximum Gasteiger partial charge on any atom is 0.311 e. The van der Waals surface area contributed by atoms with Gasteiger partial charge in [-0.3, -0.25) is 9.59 Å². The van der Waals surface area contributed by atoms with Gasteiger partial charge in [0.1, 0.15) is 0 Å². The summed E-state index contributed by atoms with van der Waals surface area (Å²) in [7, 11) is 0. The first kappa shape index (κ1) is 19.2. The third kappa shape index (κ3) is 4.93. The number of halogens is 4. The second-order valence-electron chi connectivity index (χ2n) is 6.19. The van der Waals surface area contributed by atoms with E-state index >= 15 is 0 Å². The zero-order valence-electron chi connectivity index (χ0n) is 13.8. The maximum absolute atomic E-state index is 13.4. The lowest BCUT2D eigenvalue weighted by atomic mass is 9.99. The average Bonchev–Trinajstić information content (AvgIpc) is 2.57. The van der Waals surface area contributed by atoms with Crippen molar-refractivity contribution in [3.63, 3.8) is 0 Å². The molecule has 1 amide bonds. The Hall–Kier alpha value is -2.12. The SMILES string of the molecule is CC1CCN(C(=O)CCCC(=O)Oc2c(F)c(F)cc(F)c2F)CC1. The van der Waals surface area contributed by atoms with Gasteiger partial charge in [0.25, 0.3) is 0 Å². The topological polar surface area (TPSA) is 46.6 Å². The van der Waals surface area contributed by atoms with Gasteiger partial charge in [-0.15, -0.1) is 0 Å². The van der Waals surface area contributed by atoms with Crippen molar-refractivity contribution in [3.8, 4) is 5.75 Å². The van der Waals surface area contributed by atoms with Crippen molar-refractivity contribution in [2.45, 2.75) is 39.0 Å². The molecule has 2 rings (SSSR count). The Balaban J connectivity index is 1.83. The van der Waals surface area contributed by atoms with Gasteiger partial charge in [-0.25, -0.2) is 8.78 Å². The summed E-state index contributed by atoms with van der Waals surface area (Å²) < 4.78 is 57.3. The number of ether oxygens (including phenoxy) is 1. The van der Waals surface area contributed by atoms with Gasteiger partial charge in [-0.05, 0) is 25.2 Å². The predicted octanol–water partition coefficient (Wildman–Crippen LogP) is 3.58. The van der Waals surface area contributed by atoms with Gasteiger partial charge >= 0.3 is 5.97 Å². The Labute approximate surface area is 142 Å². The minimum absolute atomic E-state index is 0.0279. The van der Waals surface area contributed by atoms with E-state index in [-0.39, 0.29) is 31.2 Å². The lowest BCUT2D eigenvalue weighted by molar-refractivity contribution is -0.135. The van der Waals surface area contributed by atoms with Crippen LogP contribution < -0.4 is 4.74 Å². The summed E-state index contributed by atoms with van der Waals surface area (Å²) in [4.78, 5) is 25.3. The van der Waals surface area contributed by atoms with E-state index in [0.717, 1.165) is 12.8 Å². The van der Waals surface area contributed by atoms with E-state index in [0.29, 0.717) is 19.0 Å². The van der Waals surface area contributed by atoms with Gasteiger partial charge in [-0.2, -0.15) is 8.78 Å². The van der Waals surface area contributed by atoms with Crippen LogP contribution in [0, 0.1) is 29.2 Å². The molecule has 0 atom stereocenters. The molecule has 0 aromatic heterocycles. The highest BCUT2D eigenvalue weighted by Crippen LogP contribution is 2.27. The van der Waals surface area contributed by atoms with E-state index in [2.05, 4.69) is 11.7 Å². The number of amides is 1. The molecule has 0 bridgehead atoms. The predicted molar refractivity (Wildman–Crippen MR) is 80.7 cm³/mol. The number of nitrogens with zero attached hydrogens (tertiary/aromatic N) is 1. The van der Waals surface area contributed by atoms with Crippen LogP contribution in [0.5, 0.6) is 5.75 Å². The summed E-state index contributed by atoms with van der Waals surface area (Å²) >= 11 is 0. The van der Waals surface area contributed by atoms with Crippen molar-refractivity contribution in [2.75, 3.05) is 13.1 Å². The minimum Gasteiger partial charge on any atom is -0.420 e. The lowest BCUT2D eigenvalue weighted by Crippen LogP contribution is -2.37. The second-order valence-corrected chi connectivity index (χ2v) is 6.19. The standard InChI is InChI=1S/C17H19F4NO3/c1-10-5-7-22(8-6-10)13(23)3-2-4-14(24)25-17-15(20)11(18)9-12(19)16(17)21/h9-10H,2-8H2,1H3. The molecular formula is C17H19F4NO3. The highest BCUT2D eigenvalue weighted by molar-refractivity contribution is 5.77. The maximum atomic E-state index is 13.4. The summed E-state index contributed by atoms with van der Waals surface area (Å²) in [5.41, 5.74) is 0. The van der Waals surface area contributed by atoms with E-state index in [1.807, 2.05) is 0 Å². The van der Waals surface area contributed by atoms with Crippen molar-refractivity contribution in [3.05, 3.63) is 29.3 Å². The molecule has 25 heavy (non-hydrogen) atoms. The monoisotopic (exact) mass is 361 g/mol. The first-order valence-corrected chi connectivity index (χ1v) is 8.11. The Kier molecular flexibility index (Phi) is 6.39. The Morgan fingerprint density at radius 2 is 1.64 bits per heavy atom. The van der Waals surface area contributed by atoms with Gasteiger partial charge in [0, 0.05) is 32.0 Å². The molecule has 0 aliphatic carbocycles. The summed E-state index contributed by atoms with van der Waals surface area (Å²) in [6.45, 7) is 3.46. The summed E-state index contributed by atoms with van der Waals surface area (Å²) in [6.07, 6.45) is 1.76. The zero-order valence-corrected chi connectivity index (χ0v) is 13.8. The number of esters is 1. The molecule has 1 aliphatic heterocycles.